The van der Waals surface area contributed by atoms with Crippen LogP contribution in [0.4, 0.5) is 0 Å². The molecule has 2 atom stereocenters. The molecule has 0 radical (unpaired) electrons. The number of nitrogens with zero attached hydrogens (tertiary/aromatic N) is 1. The summed E-state index contributed by atoms with van der Waals surface area (Å²) in [5, 5.41) is 13.3. The maximum absolute atomic E-state index is 9.83. The quantitative estimate of drug-likeness (QED) is 0.586. The molecule has 4 nitrogen and oxygen atoms in total. The Hall–Kier alpha value is -2.85. The summed E-state index contributed by atoms with van der Waals surface area (Å²) in [5.74, 6) is 1.07. The highest BCUT2D eigenvalue weighted by atomic mass is 16.5. The van der Waals surface area contributed by atoms with Crippen molar-refractivity contribution in [2.24, 2.45) is 10.9 Å². The Morgan fingerprint density at radius 1 is 1.38 bits per heavy atom. The first-order valence-corrected chi connectivity index (χ1v) is 10.1. The maximum Gasteiger partial charge on any atom is 0.119 e. The van der Waals surface area contributed by atoms with Crippen molar-refractivity contribution in [3.05, 3.63) is 88.3 Å². The Balaban J connectivity index is 1.85. The van der Waals surface area contributed by atoms with Crippen molar-refractivity contribution in [1.29, 1.82) is 0 Å². The molecule has 1 aromatic rings. The van der Waals surface area contributed by atoms with Crippen LogP contribution in [-0.4, -0.2) is 24.0 Å². The third kappa shape index (κ3) is 3.28. The zero-order chi connectivity index (χ0) is 20.6. The monoisotopic (exact) mass is 388 g/mol. The SMILES string of the molecule is C=C1C=CC2=C(CC3C=C(C)CC2(N=Cc2ccc(OC)cc2CO)C3=CC)N1. The van der Waals surface area contributed by atoms with E-state index in [1.807, 2.05) is 30.5 Å². The summed E-state index contributed by atoms with van der Waals surface area (Å²) in [6.45, 7) is 8.32. The van der Waals surface area contributed by atoms with Crippen molar-refractivity contribution >= 4 is 6.21 Å². The molecule has 0 saturated heterocycles. The van der Waals surface area contributed by atoms with Crippen LogP contribution in [-0.2, 0) is 6.61 Å². The molecule has 2 aliphatic carbocycles. The Morgan fingerprint density at radius 3 is 2.93 bits per heavy atom. The van der Waals surface area contributed by atoms with E-state index in [-0.39, 0.29) is 6.61 Å². The highest BCUT2D eigenvalue weighted by Gasteiger charge is 2.47. The number of ether oxygens (including phenoxy) is 1. The number of hydrogen-bond acceptors (Lipinski definition) is 4. The minimum atomic E-state index is -0.428. The molecule has 3 aliphatic rings. The largest absolute Gasteiger partial charge is 0.497 e. The van der Waals surface area contributed by atoms with Gasteiger partial charge < -0.3 is 15.2 Å². The molecule has 0 aromatic heterocycles. The van der Waals surface area contributed by atoms with Gasteiger partial charge in [-0.1, -0.05) is 30.4 Å². The lowest BCUT2D eigenvalue weighted by atomic mass is 9.62. The van der Waals surface area contributed by atoms with Gasteiger partial charge in [-0.3, -0.25) is 4.99 Å². The van der Waals surface area contributed by atoms with Crippen molar-refractivity contribution in [2.75, 3.05) is 7.11 Å². The molecule has 0 saturated carbocycles. The Labute approximate surface area is 172 Å². The van der Waals surface area contributed by atoms with E-state index in [1.54, 1.807) is 7.11 Å². The molecule has 1 aromatic carbocycles. The fraction of sp³-hybridized carbons (Fsp3) is 0.320. The first-order valence-electron chi connectivity index (χ1n) is 10.1. The van der Waals surface area contributed by atoms with E-state index in [4.69, 9.17) is 9.73 Å². The summed E-state index contributed by atoms with van der Waals surface area (Å²) in [7, 11) is 1.63. The predicted molar refractivity (Wildman–Crippen MR) is 118 cm³/mol. The van der Waals surface area contributed by atoms with E-state index in [0.717, 1.165) is 35.4 Å². The molecule has 0 spiro atoms. The molecule has 4 rings (SSSR count). The van der Waals surface area contributed by atoms with Crippen molar-refractivity contribution in [3.63, 3.8) is 0 Å². The minimum absolute atomic E-state index is 0.0567. The van der Waals surface area contributed by atoms with Crippen LogP contribution in [0.2, 0.25) is 0 Å². The van der Waals surface area contributed by atoms with E-state index in [1.165, 1.54) is 22.4 Å². The number of methoxy groups -OCH3 is 1. The fourth-order valence-corrected chi connectivity index (χ4v) is 4.87. The van der Waals surface area contributed by atoms with Crippen LogP contribution in [0.1, 0.15) is 37.8 Å². The lowest BCUT2D eigenvalue weighted by Crippen LogP contribution is -2.44. The number of rotatable bonds is 4. The number of aliphatic hydroxyl groups is 1. The van der Waals surface area contributed by atoms with Crippen molar-refractivity contribution in [3.8, 4) is 5.75 Å². The normalized spacial score (nSPS) is 27.2. The molecular weight excluding hydrogens is 360 g/mol. The Bertz CT molecular complexity index is 1010. The first kappa shape index (κ1) is 19.5. The van der Waals surface area contributed by atoms with Gasteiger partial charge in [-0.15, -0.1) is 0 Å². The van der Waals surface area contributed by atoms with Gasteiger partial charge in [0.2, 0.25) is 0 Å². The Morgan fingerprint density at radius 2 is 2.21 bits per heavy atom. The zero-order valence-electron chi connectivity index (χ0n) is 17.3. The number of benzene rings is 1. The first-order chi connectivity index (χ1) is 14.0. The summed E-state index contributed by atoms with van der Waals surface area (Å²) >= 11 is 0. The molecule has 150 valence electrons. The molecule has 0 amide bonds. The van der Waals surface area contributed by atoms with Gasteiger partial charge >= 0.3 is 0 Å². The van der Waals surface area contributed by atoms with Crippen LogP contribution in [0.3, 0.4) is 0 Å². The molecule has 1 heterocycles. The van der Waals surface area contributed by atoms with Crippen LogP contribution in [0.5, 0.6) is 5.75 Å². The summed E-state index contributed by atoms with van der Waals surface area (Å²) in [5.41, 5.74) is 7.35. The Kier molecular flexibility index (Phi) is 5.05. The number of aliphatic hydroxyl groups excluding tert-OH is 1. The van der Waals surface area contributed by atoms with Gasteiger partial charge in [0.25, 0.3) is 0 Å². The van der Waals surface area contributed by atoms with Crippen LogP contribution in [0, 0.1) is 5.92 Å². The van der Waals surface area contributed by atoms with Gasteiger partial charge in [0, 0.05) is 35.5 Å². The zero-order valence-corrected chi connectivity index (χ0v) is 17.3. The fourth-order valence-electron chi connectivity index (χ4n) is 4.87. The minimum Gasteiger partial charge on any atom is -0.497 e. The van der Waals surface area contributed by atoms with Crippen molar-refractivity contribution in [1.82, 2.24) is 5.32 Å². The lowest BCUT2D eigenvalue weighted by Gasteiger charge is -2.47. The topological polar surface area (TPSA) is 53.9 Å². The maximum atomic E-state index is 9.83. The molecule has 0 fully saturated rings. The highest BCUT2D eigenvalue weighted by molar-refractivity contribution is 5.83. The van der Waals surface area contributed by atoms with Crippen LogP contribution < -0.4 is 10.1 Å². The molecule has 4 heteroatoms. The number of hydrogen-bond donors (Lipinski definition) is 2. The van der Waals surface area contributed by atoms with Gasteiger partial charge in [0.1, 0.15) is 11.3 Å². The number of dihydropyridines is 1. The highest BCUT2D eigenvalue weighted by Crippen LogP contribution is 2.52. The van der Waals surface area contributed by atoms with Gasteiger partial charge in [-0.2, -0.15) is 0 Å². The van der Waals surface area contributed by atoms with Crippen LogP contribution >= 0.6 is 0 Å². The molecule has 2 bridgehead atoms. The van der Waals surface area contributed by atoms with Crippen LogP contribution in [0.25, 0.3) is 0 Å². The van der Waals surface area contributed by atoms with Gasteiger partial charge in [-0.05, 0) is 61.2 Å². The molecule has 2 unspecified atom stereocenters. The molecule has 1 aliphatic heterocycles. The van der Waals surface area contributed by atoms with Gasteiger partial charge in [0.05, 0.1) is 13.7 Å². The third-order valence-electron chi connectivity index (χ3n) is 6.11. The summed E-state index contributed by atoms with van der Waals surface area (Å²) in [6.07, 6.45) is 12.5. The second-order valence-corrected chi connectivity index (χ2v) is 7.96. The average Bonchev–Trinajstić information content (AvgIpc) is 2.71. The van der Waals surface area contributed by atoms with Crippen molar-refractivity contribution in [2.45, 2.75) is 38.8 Å². The van der Waals surface area contributed by atoms with Gasteiger partial charge in [-0.25, -0.2) is 0 Å². The number of aliphatic imine (C=N–C) groups is 1. The average molecular weight is 389 g/mol. The second kappa shape index (κ2) is 7.53. The smallest absolute Gasteiger partial charge is 0.119 e. The lowest BCUT2D eigenvalue weighted by molar-refractivity contribution is 0.281. The second-order valence-electron chi connectivity index (χ2n) is 7.96. The standard InChI is InChI=1S/C25H28N2O2/c1-5-22-19-10-16(2)13-25(22,23-9-6-17(3)27-24(23)12-19)26-14-18-7-8-21(29-4)11-20(18)15-28/h5-11,14,19,27-28H,3,12-13,15H2,1-2,4H3. The molecule has 29 heavy (non-hydrogen) atoms. The summed E-state index contributed by atoms with van der Waals surface area (Å²) < 4.78 is 5.29. The van der Waals surface area contributed by atoms with Gasteiger partial charge in [0.15, 0.2) is 0 Å². The number of nitrogens with one attached hydrogen (secondary N) is 1. The van der Waals surface area contributed by atoms with E-state index in [2.05, 4.69) is 44.0 Å². The van der Waals surface area contributed by atoms with E-state index in [9.17, 15) is 5.11 Å². The number of allylic oxidation sites excluding steroid dienone is 4. The van der Waals surface area contributed by atoms with E-state index in [0.29, 0.717) is 5.92 Å². The predicted octanol–water partition coefficient (Wildman–Crippen LogP) is 4.59. The van der Waals surface area contributed by atoms with E-state index >= 15 is 0 Å². The van der Waals surface area contributed by atoms with E-state index < -0.39 is 5.54 Å². The third-order valence-corrected chi connectivity index (χ3v) is 6.11. The van der Waals surface area contributed by atoms with Crippen LogP contribution in [0.15, 0.2) is 82.2 Å². The molecular formula is C25H28N2O2. The summed E-state index contributed by atoms with van der Waals surface area (Å²) in [6, 6.07) is 5.72. The number of fused-ring (bicyclic) bond motifs is 3. The van der Waals surface area contributed by atoms with Crippen molar-refractivity contribution < 1.29 is 9.84 Å². The summed E-state index contributed by atoms with van der Waals surface area (Å²) in [4.78, 5) is 5.22. The molecule has 2 N–H and O–H groups in total.